The largest absolute Gasteiger partial charge is 0.305 e. The van der Waals surface area contributed by atoms with Gasteiger partial charge in [-0.25, -0.2) is 4.98 Å². The molecular weight excluding hydrogens is 264 g/mol. The molecule has 2 aliphatic rings. The van der Waals surface area contributed by atoms with Crippen molar-refractivity contribution < 1.29 is 0 Å². The van der Waals surface area contributed by atoms with Gasteiger partial charge in [0.2, 0.25) is 0 Å². The second kappa shape index (κ2) is 6.15. The predicted octanol–water partition coefficient (Wildman–Crippen LogP) is 4.43. The molecule has 20 heavy (non-hydrogen) atoms. The summed E-state index contributed by atoms with van der Waals surface area (Å²) in [6, 6.07) is 0. The second-order valence-corrected chi connectivity index (χ2v) is 7.72. The average molecular weight is 292 g/mol. The molecule has 1 saturated carbocycles. The number of fused-ring (bicyclic) bond motifs is 1. The van der Waals surface area contributed by atoms with E-state index in [4.69, 9.17) is 4.98 Å². The van der Waals surface area contributed by atoms with Crippen LogP contribution in [0.3, 0.4) is 0 Å². The molecule has 0 saturated heterocycles. The highest BCUT2D eigenvalue weighted by Gasteiger charge is 2.42. The molecule has 0 amide bonds. The molecule has 1 fully saturated rings. The first kappa shape index (κ1) is 14.5. The third kappa shape index (κ3) is 2.55. The van der Waals surface area contributed by atoms with Crippen LogP contribution in [-0.2, 0) is 18.4 Å². The standard InChI is InChI=1S/C17H28N2S/c1-3-12-18-17(11-7-6-8-13(17)2)16-19-14-9-4-5-10-15(14)20-16/h13,18H,3-12H2,1-2H3. The highest BCUT2D eigenvalue weighted by atomic mass is 32.1. The summed E-state index contributed by atoms with van der Waals surface area (Å²) in [7, 11) is 0. The van der Waals surface area contributed by atoms with Crippen LogP contribution < -0.4 is 5.32 Å². The molecule has 2 unspecified atom stereocenters. The highest BCUT2D eigenvalue weighted by molar-refractivity contribution is 7.11. The molecule has 0 radical (unpaired) electrons. The minimum absolute atomic E-state index is 0.177. The lowest BCUT2D eigenvalue weighted by Gasteiger charge is -2.42. The Morgan fingerprint density at radius 2 is 2.10 bits per heavy atom. The maximum Gasteiger partial charge on any atom is 0.114 e. The van der Waals surface area contributed by atoms with Crippen molar-refractivity contribution in [3.8, 4) is 0 Å². The Kier molecular flexibility index (Phi) is 4.46. The second-order valence-electron chi connectivity index (χ2n) is 6.64. The molecular formula is C17H28N2S. The molecule has 3 heteroatoms. The number of rotatable bonds is 4. The van der Waals surface area contributed by atoms with Crippen LogP contribution in [0.4, 0.5) is 0 Å². The third-order valence-corrected chi connectivity index (χ3v) is 6.55. The fourth-order valence-electron chi connectivity index (χ4n) is 3.89. The smallest absolute Gasteiger partial charge is 0.114 e. The van der Waals surface area contributed by atoms with E-state index in [1.807, 2.05) is 11.3 Å². The first-order chi connectivity index (χ1) is 9.76. The molecule has 1 heterocycles. The van der Waals surface area contributed by atoms with Gasteiger partial charge in [-0.15, -0.1) is 11.3 Å². The van der Waals surface area contributed by atoms with Crippen LogP contribution >= 0.6 is 11.3 Å². The van der Waals surface area contributed by atoms with E-state index in [0.717, 1.165) is 12.5 Å². The minimum Gasteiger partial charge on any atom is -0.305 e. The quantitative estimate of drug-likeness (QED) is 0.888. The summed E-state index contributed by atoms with van der Waals surface area (Å²) in [5.41, 5.74) is 1.60. The Morgan fingerprint density at radius 1 is 1.25 bits per heavy atom. The van der Waals surface area contributed by atoms with E-state index < -0.39 is 0 Å². The lowest BCUT2D eigenvalue weighted by atomic mass is 9.74. The Morgan fingerprint density at radius 3 is 2.85 bits per heavy atom. The fraction of sp³-hybridized carbons (Fsp3) is 0.824. The van der Waals surface area contributed by atoms with Crippen molar-refractivity contribution in [2.24, 2.45) is 5.92 Å². The average Bonchev–Trinajstić information content (AvgIpc) is 2.91. The van der Waals surface area contributed by atoms with Crippen molar-refractivity contribution >= 4 is 11.3 Å². The van der Waals surface area contributed by atoms with Gasteiger partial charge in [0, 0.05) is 4.88 Å². The van der Waals surface area contributed by atoms with E-state index in [9.17, 15) is 0 Å². The number of nitrogens with one attached hydrogen (secondary N) is 1. The van der Waals surface area contributed by atoms with E-state index in [-0.39, 0.29) is 5.54 Å². The van der Waals surface area contributed by atoms with Gasteiger partial charge in [0.15, 0.2) is 0 Å². The Bertz CT molecular complexity index is 430. The molecule has 1 N–H and O–H groups in total. The zero-order valence-electron chi connectivity index (χ0n) is 13.0. The topological polar surface area (TPSA) is 24.9 Å². The van der Waals surface area contributed by atoms with Crippen LogP contribution in [-0.4, -0.2) is 11.5 Å². The maximum atomic E-state index is 5.11. The molecule has 3 rings (SSSR count). The van der Waals surface area contributed by atoms with Crippen molar-refractivity contribution in [2.45, 2.75) is 77.2 Å². The number of nitrogens with zero attached hydrogens (tertiary/aromatic N) is 1. The number of aromatic nitrogens is 1. The molecule has 0 bridgehead atoms. The highest BCUT2D eigenvalue weighted by Crippen LogP contribution is 2.44. The van der Waals surface area contributed by atoms with Gasteiger partial charge in [0.1, 0.15) is 5.01 Å². The van der Waals surface area contributed by atoms with Crippen LogP contribution in [0.25, 0.3) is 0 Å². The summed E-state index contributed by atoms with van der Waals surface area (Å²) in [5, 5.41) is 5.32. The van der Waals surface area contributed by atoms with E-state index in [1.54, 1.807) is 4.88 Å². The summed E-state index contributed by atoms with van der Waals surface area (Å²) in [6.07, 6.45) is 11.8. The van der Waals surface area contributed by atoms with E-state index in [0.29, 0.717) is 0 Å². The molecule has 2 nitrogen and oxygen atoms in total. The Hall–Kier alpha value is -0.410. The fourth-order valence-corrected chi connectivity index (χ4v) is 5.35. The Balaban J connectivity index is 1.93. The maximum absolute atomic E-state index is 5.11. The molecule has 2 atom stereocenters. The molecule has 112 valence electrons. The first-order valence-electron chi connectivity index (χ1n) is 8.50. The van der Waals surface area contributed by atoms with Gasteiger partial charge in [-0.2, -0.15) is 0 Å². The SMILES string of the molecule is CCCNC1(c2nc3c(s2)CCCC3)CCCCC1C. The Labute approximate surface area is 127 Å². The zero-order chi connectivity index (χ0) is 14.0. The lowest BCUT2D eigenvalue weighted by Crippen LogP contribution is -2.49. The summed E-state index contributed by atoms with van der Waals surface area (Å²) >= 11 is 2.02. The molecule has 0 aliphatic heterocycles. The van der Waals surface area contributed by atoms with Gasteiger partial charge >= 0.3 is 0 Å². The van der Waals surface area contributed by atoms with Crippen molar-refractivity contribution in [3.05, 3.63) is 15.6 Å². The van der Waals surface area contributed by atoms with E-state index in [1.165, 1.54) is 68.5 Å². The van der Waals surface area contributed by atoms with Gasteiger partial charge in [0.25, 0.3) is 0 Å². The summed E-state index contributed by atoms with van der Waals surface area (Å²) in [5.74, 6) is 0.718. The summed E-state index contributed by atoms with van der Waals surface area (Å²) < 4.78 is 0. The van der Waals surface area contributed by atoms with Gasteiger partial charge in [-0.3, -0.25) is 0 Å². The normalized spacial score (nSPS) is 30.2. The van der Waals surface area contributed by atoms with Gasteiger partial charge < -0.3 is 5.32 Å². The van der Waals surface area contributed by atoms with Crippen LogP contribution in [0.2, 0.25) is 0 Å². The number of thiazole rings is 1. The molecule has 1 aromatic heterocycles. The zero-order valence-corrected chi connectivity index (χ0v) is 13.8. The molecule has 0 aromatic carbocycles. The van der Waals surface area contributed by atoms with Gasteiger partial charge in [0.05, 0.1) is 11.2 Å². The van der Waals surface area contributed by atoms with Crippen LogP contribution in [0.1, 0.15) is 74.4 Å². The molecule has 2 aliphatic carbocycles. The summed E-state index contributed by atoms with van der Waals surface area (Å²) in [4.78, 5) is 6.69. The number of hydrogen-bond acceptors (Lipinski definition) is 3. The van der Waals surface area contributed by atoms with Crippen LogP contribution in [0.15, 0.2) is 0 Å². The predicted molar refractivity (Wildman–Crippen MR) is 86.4 cm³/mol. The summed E-state index contributed by atoms with van der Waals surface area (Å²) in [6.45, 7) is 5.82. The van der Waals surface area contributed by atoms with Gasteiger partial charge in [-0.1, -0.05) is 26.7 Å². The van der Waals surface area contributed by atoms with Crippen molar-refractivity contribution in [1.29, 1.82) is 0 Å². The molecule has 0 spiro atoms. The monoisotopic (exact) mass is 292 g/mol. The number of hydrogen-bond donors (Lipinski definition) is 1. The van der Waals surface area contributed by atoms with Crippen molar-refractivity contribution in [1.82, 2.24) is 10.3 Å². The third-order valence-electron chi connectivity index (χ3n) is 5.22. The first-order valence-corrected chi connectivity index (χ1v) is 9.32. The van der Waals surface area contributed by atoms with E-state index in [2.05, 4.69) is 19.2 Å². The minimum atomic E-state index is 0.177. The van der Waals surface area contributed by atoms with Crippen LogP contribution in [0, 0.1) is 5.92 Å². The van der Waals surface area contributed by atoms with Crippen LogP contribution in [0.5, 0.6) is 0 Å². The number of aryl methyl sites for hydroxylation is 2. The van der Waals surface area contributed by atoms with E-state index >= 15 is 0 Å². The molecule has 1 aromatic rings. The van der Waals surface area contributed by atoms with Crippen molar-refractivity contribution in [3.63, 3.8) is 0 Å². The lowest BCUT2D eigenvalue weighted by molar-refractivity contribution is 0.153. The van der Waals surface area contributed by atoms with Gasteiger partial charge in [-0.05, 0) is 57.4 Å². The van der Waals surface area contributed by atoms with Crippen molar-refractivity contribution in [2.75, 3.05) is 6.54 Å².